The van der Waals surface area contributed by atoms with Crippen LogP contribution in [0.1, 0.15) is 25.8 Å². The highest BCUT2D eigenvalue weighted by Gasteiger charge is 2.01. The molecule has 0 aliphatic carbocycles. The minimum atomic E-state index is 0.206. The van der Waals surface area contributed by atoms with Crippen molar-refractivity contribution in [1.82, 2.24) is 0 Å². The van der Waals surface area contributed by atoms with Gasteiger partial charge in [-0.3, -0.25) is 4.79 Å². The van der Waals surface area contributed by atoms with Gasteiger partial charge in [-0.25, -0.2) is 0 Å². The van der Waals surface area contributed by atoms with E-state index in [1.54, 1.807) is 6.92 Å². The van der Waals surface area contributed by atoms with Crippen LogP contribution >= 0.6 is 0 Å². The number of Topliss-reactive ketones (excluding diaryl/α,β-unsaturated/α-hetero) is 1. The van der Waals surface area contributed by atoms with Gasteiger partial charge in [-0.15, -0.1) is 0 Å². The normalized spacial score (nSPS) is 11.4. The molecule has 1 nitrogen and oxygen atoms in total. The summed E-state index contributed by atoms with van der Waals surface area (Å²) in [5.41, 5.74) is 2.24. The number of benzene rings is 1. The number of allylic oxidation sites excluding steroid dienone is 2. The molecule has 0 aliphatic heterocycles. The van der Waals surface area contributed by atoms with Crippen LogP contribution in [0.4, 0.5) is 0 Å². The lowest BCUT2D eigenvalue weighted by atomic mass is 10.0. The lowest BCUT2D eigenvalue weighted by Crippen LogP contribution is -1.92. The maximum Gasteiger partial charge on any atom is 0.134 e. The zero-order valence-corrected chi connectivity index (χ0v) is 8.08. The number of carbonyl (C=O) groups excluding carboxylic acids is 1. The predicted octanol–water partition coefficient (Wildman–Crippen LogP) is 3.07. The lowest BCUT2D eigenvalue weighted by molar-refractivity contribution is -0.116. The molecule has 0 atom stereocenters. The summed E-state index contributed by atoms with van der Waals surface area (Å²) in [5, 5.41) is 0. The first kappa shape index (κ1) is 9.72. The molecule has 0 fully saturated rings. The molecule has 1 aromatic carbocycles. The van der Waals surface area contributed by atoms with Gasteiger partial charge in [0, 0.05) is 6.42 Å². The average Bonchev–Trinajstić information content (AvgIpc) is 2.15. The van der Waals surface area contributed by atoms with Crippen molar-refractivity contribution < 1.29 is 4.79 Å². The van der Waals surface area contributed by atoms with Crippen LogP contribution in [0.15, 0.2) is 36.4 Å². The number of carbonyl (C=O) groups is 1. The summed E-state index contributed by atoms with van der Waals surface area (Å²) in [5.74, 6) is 0.206. The van der Waals surface area contributed by atoms with Gasteiger partial charge in [0.25, 0.3) is 0 Å². The van der Waals surface area contributed by atoms with Crippen LogP contribution in [0, 0.1) is 0 Å². The van der Waals surface area contributed by atoms with Crippen molar-refractivity contribution in [2.24, 2.45) is 0 Å². The predicted molar refractivity (Wildman–Crippen MR) is 55.4 cm³/mol. The topological polar surface area (TPSA) is 17.1 Å². The molecule has 0 radical (unpaired) electrons. The van der Waals surface area contributed by atoms with E-state index in [0.29, 0.717) is 6.42 Å². The third kappa shape index (κ3) is 2.86. The van der Waals surface area contributed by atoms with E-state index < -0.39 is 0 Å². The van der Waals surface area contributed by atoms with Crippen molar-refractivity contribution in [3.05, 3.63) is 42.0 Å². The van der Waals surface area contributed by atoms with Crippen LogP contribution < -0.4 is 0 Å². The molecule has 0 saturated heterocycles. The van der Waals surface area contributed by atoms with Crippen LogP contribution in [0.3, 0.4) is 0 Å². The standard InChI is InChI=1S/C12H14O/c1-3-11(9-10(2)13)12-7-5-4-6-8-12/h3-8H,9H2,1-2H3/b11-3+. The molecule has 0 bridgehead atoms. The van der Waals surface area contributed by atoms with Gasteiger partial charge in [0.05, 0.1) is 0 Å². The van der Waals surface area contributed by atoms with Gasteiger partial charge >= 0.3 is 0 Å². The molecule has 68 valence electrons. The first-order valence-corrected chi connectivity index (χ1v) is 4.44. The number of rotatable bonds is 3. The molecule has 1 aromatic rings. The molecular weight excluding hydrogens is 160 g/mol. The van der Waals surface area contributed by atoms with E-state index in [1.165, 1.54) is 0 Å². The molecule has 1 rings (SSSR count). The van der Waals surface area contributed by atoms with Gasteiger partial charge in [-0.05, 0) is 25.0 Å². The van der Waals surface area contributed by atoms with Crippen molar-refractivity contribution in [2.45, 2.75) is 20.3 Å². The largest absolute Gasteiger partial charge is 0.300 e. The van der Waals surface area contributed by atoms with E-state index in [4.69, 9.17) is 0 Å². The second kappa shape index (κ2) is 4.61. The van der Waals surface area contributed by atoms with Crippen molar-refractivity contribution in [3.63, 3.8) is 0 Å². The maximum absolute atomic E-state index is 10.9. The second-order valence-electron chi connectivity index (χ2n) is 3.06. The molecule has 0 saturated carbocycles. The Hall–Kier alpha value is -1.37. The highest BCUT2D eigenvalue weighted by molar-refractivity contribution is 5.88. The molecule has 0 unspecified atom stereocenters. The quantitative estimate of drug-likeness (QED) is 0.688. The molecule has 0 N–H and O–H groups in total. The minimum Gasteiger partial charge on any atom is -0.300 e. The zero-order chi connectivity index (χ0) is 9.68. The first-order chi connectivity index (χ1) is 6.24. The van der Waals surface area contributed by atoms with Gasteiger partial charge < -0.3 is 0 Å². The monoisotopic (exact) mass is 174 g/mol. The van der Waals surface area contributed by atoms with Crippen molar-refractivity contribution in [1.29, 1.82) is 0 Å². The highest BCUT2D eigenvalue weighted by atomic mass is 16.1. The highest BCUT2D eigenvalue weighted by Crippen LogP contribution is 2.17. The molecule has 0 amide bonds. The molecule has 0 spiro atoms. The Morgan fingerprint density at radius 1 is 1.31 bits per heavy atom. The minimum absolute atomic E-state index is 0.206. The third-order valence-corrected chi connectivity index (χ3v) is 1.93. The SMILES string of the molecule is C/C=C(\CC(C)=O)c1ccccc1. The number of ketones is 1. The van der Waals surface area contributed by atoms with Crippen molar-refractivity contribution in [2.75, 3.05) is 0 Å². The Kier molecular flexibility index (Phi) is 3.44. The van der Waals surface area contributed by atoms with Crippen molar-refractivity contribution in [3.8, 4) is 0 Å². The summed E-state index contributed by atoms with van der Waals surface area (Å²) >= 11 is 0. The molecular formula is C12H14O. The molecule has 0 heterocycles. The van der Waals surface area contributed by atoms with Crippen LogP contribution in [0.25, 0.3) is 5.57 Å². The summed E-state index contributed by atoms with van der Waals surface area (Å²) in [6, 6.07) is 10.00. The Labute approximate surface area is 79.1 Å². The number of hydrogen-bond acceptors (Lipinski definition) is 1. The van der Waals surface area contributed by atoms with E-state index >= 15 is 0 Å². The first-order valence-electron chi connectivity index (χ1n) is 4.44. The molecule has 1 heteroatoms. The smallest absolute Gasteiger partial charge is 0.134 e. The fourth-order valence-electron chi connectivity index (χ4n) is 1.29. The fourth-order valence-corrected chi connectivity index (χ4v) is 1.29. The van der Waals surface area contributed by atoms with Gasteiger partial charge in [0.15, 0.2) is 0 Å². The van der Waals surface area contributed by atoms with Crippen LogP contribution in [0.5, 0.6) is 0 Å². The Morgan fingerprint density at radius 3 is 2.38 bits per heavy atom. The third-order valence-electron chi connectivity index (χ3n) is 1.93. The average molecular weight is 174 g/mol. The Bertz CT molecular complexity index is 309. The van der Waals surface area contributed by atoms with E-state index in [2.05, 4.69) is 0 Å². The van der Waals surface area contributed by atoms with Gasteiger partial charge in [0.1, 0.15) is 5.78 Å². The molecule has 0 aliphatic rings. The maximum atomic E-state index is 10.9. The van der Waals surface area contributed by atoms with Gasteiger partial charge in [-0.2, -0.15) is 0 Å². The molecule has 13 heavy (non-hydrogen) atoms. The van der Waals surface area contributed by atoms with Gasteiger partial charge in [0.2, 0.25) is 0 Å². The Morgan fingerprint density at radius 2 is 1.92 bits per heavy atom. The van der Waals surface area contributed by atoms with E-state index in [1.807, 2.05) is 43.3 Å². The Balaban J connectivity index is 2.86. The summed E-state index contributed by atoms with van der Waals surface area (Å²) in [6.07, 6.45) is 2.53. The van der Waals surface area contributed by atoms with Crippen LogP contribution in [-0.2, 0) is 4.79 Å². The van der Waals surface area contributed by atoms with Crippen LogP contribution in [0.2, 0.25) is 0 Å². The second-order valence-corrected chi connectivity index (χ2v) is 3.06. The van der Waals surface area contributed by atoms with Crippen LogP contribution in [-0.4, -0.2) is 5.78 Å². The lowest BCUT2D eigenvalue weighted by Gasteiger charge is -2.03. The van der Waals surface area contributed by atoms with E-state index in [0.717, 1.165) is 11.1 Å². The fraction of sp³-hybridized carbons (Fsp3) is 0.250. The summed E-state index contributed by atoms with van der Waals surface area (Å²) in [4.78, 5) is 10.9. The van der Waals surface area contributed by atoms with Crippen molar-refractivity contribution >= 4 is 11.4 Å². The zero-order valence-electron chi connectivity index (χ0n) is 8.08. The summed E-state index contributed by atoms with van der Waals surface area (Å²) in [7, 11) is 0. The summed E-state index contributed by atoms with van der Waals surface area (Å²) in [6.45, 7) is 3.58. The summed E-state index contributed by atoms with van der Waals surface area (Å²) < 4.78 is 0. The van der Waals surface area contributed by atoms with Gasteiger partial charge in [-0.1, -0.05) is 36.4 Å². The van der Waals surface area contributed by atoms with E-state index in [9.17, 15) is 4.79 Å². The molecule has 0 aromatic heterocycles. The van der Waals surface area contributed by atoms with E-state index in [-0.39, 0.29) is 5.78 Å². The number of hydrogen-bond donors (Lipinski definition) is 0.